The Morgan fingerprint density at radius 2 is 1.69 bits per heavy atom. The maximum Gasteiger partial charge on any atom is 0.244 e. The molecule has 0 spiro atoms. The van der Waals surface area contributed by atoms with Gasteiger partial charge in [0.15, 0.2) is 0 Å². The van der Waals surface area contributed by atoms with Gasteiger partial charge in [0.05, 0.1) is 23.2 Å². The molecule has 2 fully saturated rings. The molecule has 154 valence electrons. The summed E-state index contributed by atoms with van der Waals surface area (Å²) >= 11 is 6.16. The summed E-state index contributed by atoms with van der Waals surface area (Å²) < 4.78 is 0. The Labute approximate surface area is 175 Å². The predicted molar refractivity (Wildman–Crippen MR) is 112 cm³/mol. The number of amides is 3. The normalized spacial score (nSPS) is 24.8. The van der Waals surface area contributed by atoms with Crippen molar-refractivity contribution in [2.75, 3.05) is 50.0 Å². The zero-order valence-corrected chi connectivity index (χ0v) is 17.2. The number of likely N-dealkylation sites (N-methyl/N-ethyl adjacent to an activating group) is 1. The summed E-state index contributed by atoms with van der Waals surface area (Å²) in [5.41, 5.74) is 1.50. The summed E-state index contributed by atoms with van der Waals surface area (Å²) in [5, 5.41) is 3.39. The Bertz CT molecular complexity index is 837. The molecule has 0 radical (unpaired) electrons. The zero-order valence-electron chi connectivity index (χ0n) is 16.4. The van der Waals surface area contributed by atoms with Crippen LogP contribution in [0.3, 0.4) is 0 Å². The van der Waals surface area contributed by atoms with Crippen LogP contribution in [-0.4, -0.2) is 67.3 Å². The molecule has 1 aromatic carbocycles. The number of nitrogens with zero attached hydrogens (tertiary/aromatic N) is 3. The number of likely N-dealkylation sites (tertiary alicyclic amines) is 1. The molecule has 7 nitrogen and oxygen atoms in total. The minimum atomic E-state index is -0.393. The highest BCUT2D eigenvalue weighted by atomic mass is 35.5. The first kappa shape index (κ1) is 19.9. The van der Waals surface area contributed by atoms with Gasteiger partial charge in [-0.2, -0.15) is 0 Å². The molecule has 8 heteroatoms. The molecule has 2 saturated heterocycles. The minimum Gasteiger partial charge on any atom is -0.367 e. The quantitative estimate of drug-likeness (QED) is 0.600. The van der Waals surface area contributed by atoms with Gasteiger partial charge in [-0.3, -0.25) is 19.3 Å². The smallest absolute Gasteiger partial charge is 0.244 e. The lowest BCUT2D eigenvalue weighted by atomic mass is 9.85. The van der Waals surface area contributed by atoms with E-state index >= 15 is 0 Å². The monoisotopic (exact) mass is 416 g/mol. The fraction of sp³-hybridized carbons (Fsp3) is 0.476. The standard InChI is InChI=1S/C21H25ClN4O3/c1-24-8-10-25(11-9-24)18-7-6-14(22)12-17(18)23-19(27)13-26-20(28)15-4-2-3-5-16(15)21(26)29/h2-3,6-7,12,15-16H,4-5,8-11,13H2,1H3,(H,23,27). The van der Waals surface area contributed by atoms with Gasteiger partial charge in [-0.1, -0.05) is 23.8 Å². The Hall–Kier alpha value is -2.38. The summed E-state index contributed by atoms with van der Waals surface area (Å²) in [6.07, 6.45) is 5.00. The van der Waals surface area contributed by atoms with Crippen molar-refractivity contribution in [3.8, 4) is 0 Å². The number of rotatable bonds is 4. The summed E-state index contributed by atoms with van der Waals surface area (Å²) in [6, 6.07) is 5.41. The molecule has 2 aliphatic heterocycles. The molecule has 0 saturated carbocycles. The highest BCUT2D eigenvalue weighted by Crippen LogP contribution is 2.35. The number of imide groups is 1. The van der Waals surface area contributed by atoms with E-state index in [4.69, 9.17) is 11.6 Å². The molecule has 2 unspecified atom stereocenters. The molecule has 3 amide bonds. The van der Waals surface area contributed by atoms with Crippen molar-refractivity contribution >= 4 is 40.7 Å². The Kier molecular flexibility index (Phi) is 5.61. The van der Waals surface area contributed by atoms with Crippen molar-refractivity contribution in [2.45, 2.75) is 12.8 Å². The fourth-order valence-corrected chi connectivity index (χ4v) is 4.46. The molecule has 1 aliphatic carbocycles. The number of fused-ring (bicyclic) bond motifs is 1. The second-order valence-electron chi connectivity index (χ2n) is 7.92. The third kappa shape index (κ3) is 4.02. The Morgan fingerprint density at radius 1 is 1.07 bits per heavy atom. The number of carbonyl (C=O) groups excluding carboxylic acids is 3. The van der Waals surface area contributed by atoms with Crippen LogP contribution in [0.4, 0.5) is 11.4 Å². The van der Waals surface area contributed by atoms with Gasteiger partial charge < -0.3 is 15.1 Å². The molecule has 0 bridgehead atoms. The van der Waals surface area contributed by atoms with Gasteiger partial charge in [0, 0.05) is 31.2 Å². The average Bonchev–Trinajstić information content (AvgIpc) is 2.94. The minimum absolute atomic E-state index is 0.245. The van der Waals surface area contributed by atoms with E-state index in [1.54, 1.807) is 12.1 Å². The molecule has 0 aromatic heterocycles. The number of carbonyl (C=O) groups is 3. The lowest BCUT2D eigenvalue weighted by molar-refractivity contribution is -0.142. The van der Waals surface area contributed by atoms with E-state index in [2.05, 4.69) is 22.2 Å². The lowest BCUT2D eigenvalue weighted by Crippen LogP contribution is -2.45. The van der Waals surface area contributed by atoms with Crippen LogP contribution in [0.25, 0.3) is 0 Å². The molecule has 1 aromatic rings. The van der Waals surface area contributed by atoms with Crippen LogP contribution in [0.1, 0.15) is 12.8 Å². The second-order valence-corrected chi connectivity index (χ2v) is 8.35. The van der Waals surface area contributed by atoms with E-state index in [1.165, 1.54) is 0 Å². The van der Waals surface area contributed by atoms with Crippen LogP contribution in [0.2, 0.25) is 5.02 Å². The first-order valence-corrected chi connectivity index (χ1v) is 10.3. The first-order chi connectivity index (χ1) is 13.9. The average molecular weight is 417 g/mol. The number of benzene rings is 1. The number of allylic oxidation sites excluding steroid dienone is 2. The van der Waals surface area contributed by atoms with E-state index in [9.17, 15) is 14.4 Å². The Morgan fingerprint density at radius 3 is 2.31 bits per heavy atom. The predicted octanol–water partition coefficient (Wildman–Crippen LogP) is 1.98. The van der Waals surface area contributed by atoms with E-state index in [0.717, 1.165) is 36.8 Å². The van der Waals surface area contributed by atoms with Gasteiger partial charge in [-0.15, -0.1) is 0 Å². The van der Waals surface area contributed by atoms with Crippen LogP contribution in [0.5, 0.6) is 0 Å². The number of hydrogen-bond donors (Lipinski definition) is 1. The Balaban J connectivity index is 1.47. The fourth-order valence-electron chi connectivity index (χ4n) is 4.29. The lowest BCUT2D eigenvalue weighted by Gasteiger charge is -2.35. The van der Waals surface area contributed by atoms with E-state index < -0.39 is 5.91 Å². The van der Waals surface area contributed by atoms with Gasteiger partial charge in [-0.05, 0) is 38.1 Å². The second kappa shape index (κ2) is 8.16. The van der Waals surface area contributed by atoms with Crippen LogP contribution in [0, 0.1) is 11.8 Å². The number of halogens is 1. The largest absolute Gasteiger partial charge is 0.367 e. The van der Waals surface area contributed by atoms with Crippen molar-refractivity contribution in [1.29, 1.82) is 0 Å². The van der Waals surface area contributed by atoms with Gasteiger partial charge in [0.25, 0.3) is 0 Å². The van der Waals surface area contributed by atoms with E-state index in [0.29, 0.717) is 23.6 Å². The number of anilines is 2. The number of nitrogens with one attached hydrogen (secondary N) is 1. The van der Waals surface area contributed by atoms with Crippen LogP contribution >= 0.6 is 11.6 Å². The SMILES string of the molecule is CN1CCN(c2ccc(Cl)cc2NC(=O)CN2C(=O)C3CC=CCC3C2=O)CC1. The van der Waals surface area contributed by atoms with E-state index in [-0.39, 0.29) is 30.2 Å². The molecular weight excluding hydrogens is 392 g/mol. The topological polar surface area (TPSA) is 73.0 Å². The van der Waals surface area contributed by atoms with Gasteiger partial charge in [-0.25, -0.2) is 0 Å². The maximum atomic E-state index is 12.7. The van der Waals surface area contributed by atoms with Crippen molar-refractivity contribution in [3.05, 3.63) is 35.4 Å². The summed E-state index contributed by atoms with van der Waals surface area (Å²) in [5.74, 6) is -1.54. The number of piperazine rings is 1. The molecule has 2 heterocycles. The van der Waals surface area contributed by atoms with E-state index in [1.807, 2.05) is 18.2 Å². The molecule has 29 heavy (non-hydrogen) atoms. The summed E-state index contributed by atoms with van der Waals surface area (Å²) in [7, 11) is 2.08. The molecule has 3 aliphatic rings. The van der Waals surface area contributed by atoms with Gasteiger partial charge >= 0.3 is 0 Å². The first-order valence-electron chi connectivity index (χ1n) is 9.97. The third-order valence-corrected chi connectivity index (χ3v) is 6.21. The molecule has 1 N–H and O–H groups in total. The summed E-state index contributed by atoms with van der Waals surface area (Å²) in [4.78, 5) is 43.5. The van der Waals surface area contributed by atoms with Gasteiger partial charge in [0.1, 0.15) is 6.54 Å². The third-order valence-electron chi connectivity index (χ3n) is 5.98. The maximum absolute atomic E-state index is 12.7. The zero-order chi connectivity index (χ0) is 20.5. The summed E-state index contributed by atoms with van der Waals surface area (Å²) in [6.45, 7) is 3.30. The van der Waals surface area contributed by atoms with Crippen molar-refractivity contribution in [1.82, 2.24) is 9.80 Å². The number of hydrogen-bond acceptors (Lipinski definition) is 5. The highest BCUT2D eigenvalue weighted by molar-refractivity contribution is 6.31. The van der Waals surface area contributed by atoms with Crippen LogP contribution in [-0.2, 0) is 14.4 Å². The molecule has 4 rings (SSSR count). The van der Waals surface area contributed by atoms with Crippen LogP contribution in [0.15, 0.2) is 30.4 Å². The molecule has 2 atom stereocenters. The van der Waals surface area contributed by atoms with Gasteiger partial charge in [0.2, 0.25) is 17.7 Å². The van der Waals surface area contributed by atoms with Crippen molar-refractivity contribution < 1.29 is 14.4 Å². The molecular formula is C21H25ClN4O3. The highest BCUT2D eigenvalue weighted by Gasteiger charge is 2.47. The van der Waals surface area contributed by atoms with Crippen molar-refractivity contribution in [3.63, 3.8) is 0 Å². The van der Waals surface area contributed by atoms with Crippen molar-refractivity contribution in [2.24, 2.45) is 11.8 Å². The van der Waals surface area contributed by atoms with Crippen LogP contribution < -0.4 is 10.2 Å².